The monoisotopic (exact) mass is 208 g/mol. The topological polar surface area (TPSA) is 35.8 Å². The number of anilines is 1. The molecule has 1 aliphatic heterocycles. The highest BCUT2D eigenvalue weighted by molar-refractivity contribution is 8.00. The molecule has 1 heterocycles. The smallest absolute Gasteiger partial charge is 0.125 e. The molecular formula is C10H9FN2S. The standard InChI is InChI=1S/C10H9FN2S/c1-6-10(5-12)14-9-3-2-7(11)4-8(9)13-6/h2-4,6,10,13H,1H3. The molecule has 2 atom stereocenters. The van der Waals surface area contributed by atoms with Gasteiger partial charge in [-0.2, -0.15) is 5.26 Å². The van der Waals surface area contributed by atoms with Crippen molar-refractivity contribution in [3.63, 3.8) is 0 Å². The first-order chi connectivity index (χ1) is 6.70. The lowest BCUT2D eigenvalue weighted by Crippen LogP contribution is -2.30. The Balaban J connectivity index is 2.36. The first kappa shape index (κ1) is 9.35. The van der Waals surface area contributed by atoms with Crippen molar-refractivity contribution in [2.24, 2.45) is 0 Å². The highest BCUT2D eigenvalue weighted by Gasteiger charge is 2.25. The number of hydrogen-bond donors (Lipinski definition) is 1. The van der Waals surface area contributed by atoms with Gasteiger partial charge >= 0.3 is 0 Å². The highest BCUT2D eigenvalue weighted by atomic mass is 32.2. The fourth-order valence-corrected chi connectivity index (χ4v) is 2.41. The minimum atomic E-state index is -0.251. The minimum absolute atomic E-state index is 0.0549. The van der Waals surface area contributed by atoms with Gasteiger partial charge in [-0.3, -0.25) is 0 Å². The summed E-state index contributed by atoms with van der Waals surface area (Å²) in [6, 6.07) is 6.86. The van der Waals surface area contributed by atoms with Gasteiger partial charge in [-0.25, -0.2) is 4.39 Å². The molecule has 0 radical (unpaired) electrons. The molecule has 1 aliphatic rings. The van der Waals surface area contributed by atoms with E-state index in [0.29, 0.717) is 0 Å². The number of hydrogen-bond acceptors (Lipinski definition) is 3. The molecule has 0 spiro atoms. The van der Waals surface area contributed by atoms with Gasteiger partial charge in [-0.1, -0.05) is 0 Å². The first-order valence-electron chi connectivity index (χ1n) is 4.33. The first-order valence-corrected chi connectivity index (χ1v) is 5.21. The van der Waals surface area contributed by atoms with Crippen LogP contribution in [-0.4, -0.2) is 11.3 Å². The van der Waals surface area contributed by atoms with Crippen LogP contribution in [0.3, 0.4) is 0 Å². The summed E-state index contributed by atoms with van der Waals surface area (Å²) in [5.74, 6) is -0.251. The van der Waals surface area contributed by atoms with Gasteiger partial charge in [0.2, 0.25) is 0 Å². The van der Waals surface area contributed by atoms with Crippen molar-refractivity contribution in [2.75, 3.05) is 5.32 Å². The van der Waals surface area contributed by atoms with E-state index in [1.54, 1.807) is 6.07 Å². The van der Waals surface area contributed by atoms with E-state index in [1.807, 2.05) is 6.92 Å². The number of benzene rings is 1. The number of nitrogens with one attached hydrogen (secondary N) is 1. The molecule has 0 amide bonds. The molecule has 4 heteroatoms. The number of halogens is 1. The predicted molar refractivity (Wildman–Crippen MR) is 54.7 cm³/mol. The van der Waals surface area contributed by atoms with Crippen LogP contribution in [0.5, 0.6) is 0 Å². The second-order valence-electron chi connectivity index (χ2n) is 3.24. The summed E-state index contributed by atoms with van der Waals surface area (Å²) in [6.45, 7) is 1.93. The van der Waals surface area contributed by atoms with Gasteiger partial charge in [0, 0.05) is 10.9 Å². The van der Waals surface area contributed by atoms with Gasteiger partial charge in [-0.15, -0.1) is 11.8 Å². The Morgan fingerprint density at radius 2 is 2.36 bits per heavy atom. The van der Waals surface area contributed by atoms with E-state index in [2.05, 4.69) is 11.4 Å². The number of thioether (sulfide) groups is 1. The zero-order valence-electron chi connectivity index (χ0n) is 7.62. The summed E-state index contributed by atoms with van der Waals surface area (Å²) in [7, 11) is 0. The van der Waals surface area contributed by atoms with Crippen LogP contribution in [0.15, 0.2) is 23.1 Å². The van der Waals surface area contributed by atoms with Gasteiger partial charge < -0.3 is 5.32 Å². The molecule has 0 bridgehead atoms. The lowest BCUT2D eigenvalue weighted by Gasteiger charge is -2.27. The Kier molecular flexibility index (Phi) is 2.34. The molecule has 0 fully saturated rings. The van der Waals surface area contributed by atoms with E-state index in [4.69, 9.17) is 5.26 Å². The number of nitriles is 1. The molecule has 2 rings (SSSR count). The van der Waals surface area contributed by atoms with E-state index >= 15 is 0 Å². The molecule has 1 aromatic carbocycles. The summed E-state index contributed by atoms with van der Waals surface area (Å²) in [5.41, 5.74) is 0.786. The van der Waals surface area contributed by atoms with Gasteiger partial charge in [0.15, 0.2) is 0 Å². The lowest BCUT2D eigenvalue weighted by atomic mass is 10.2. The summed E-state index contributed by atoms with van der Waals surface area (Å²) < 4.78 is 12.9. The van der Waals surface area contributed by atoms with Crippen LogP contribution in [-0.2, 0) is 0 Å². The van der Waals surface area contributed by atoms with E-state index in [-0.39, 0.29) is 17.1 Å². The second-order valence-corrected chi connectivity index (χ2v) is 4.42. The van der Waals surface area contributed by atoms with E-state index < -0.39 is 0 Å². The normalized spacial score (nSPS) is 24.6. The minimum Gasteiger partial charge on any atom is -0.379 e. The van der Waals surface area contributed by atoms with Gasteiger partial charge in [0.05, 0.1) is 11.8 Å². The molecule has 0 aromatic heterocycles. The largest absolute Gasteiger partial charge is 0.379 e. The summed E-state index contributed by atoms with van der Waals surface area (Å²) in [6.07, 6.45) is 0. The maximum absolute atomic E-state index is 12.9. The van der Waals surface area contributed by atoms with Gasteiger partial charge in [0.25, 0.3) is 0 Å². The van der Waals surface area contributed by atoms with Crippen molar-refractivity contribution in [3.05, 3.63) is 24.0 Å². The third-order valence-electron chi connectivity index (χ3n) is 2.16. The van der Waals surface area contributed by atoms with E-state index in [0.717, 1.165) is 10.6 Å². The van der Waals surface area contributed by atoms with Gasteiger partial charge in [-0.05, 0) is 25.1 Å². The van der Waals surface area contributed by atoms with Gasteiger partial charge in [0.1, 0.15) is 11.1 Å². The lowest BCUT2D eigenvalue weighted by molar-refractivity contribution is 0.626. The summed E-state index contributed by atoms with van der Waals surface area (Å²) >= 11 is 1.48. The van der Waals surface area contributed by atoms with Crippen LogP contribution in [0.25, 0.3) is 0 Å². The van der Waals surface area contributed by atoms with Crippen molar-refractivity contribution in [1.29, 1.82) is 5.26 Å². The third kappa shape index (κ3) is 1.55. The number of fused-ring (bicyclic) bond motifs is 1. The van der Waals surface area contributed by atoms with E-state index in [9.17, 15) is 4.39 Å². The fourth-order valence-electron chi connectivity index (χ4n) is 1.42. The third-order valence-corrected chi connectivity index (χ3v) is 3.54. The van der Waals surface area contributed by atoms with Crippen LogP contribution in [0, 0.1) is 17.1 Å². The number of nitrogens with zero attached hydrogens (tertiary/aromatic N) is 1. The molecule has 2 unspecified atom stereocenters. The predicted octanol–water partition coefficient (Wildman–Crippen LogP) is 2.62. The zero-order valence-corrected chi connectivity index (χ0v) is 8.44. The van der Waals surface area contributed by atoms with Crippen molar-refractivity contribution in [2.45, 2.75) is 23.1 Å². The number of rotatable bonds is 0. The molecule has 14 heavy (non-hydrogen) atoms. The van der Waals surface area contributed by atoms with Crippen molar-refractivity contribution >= 4 is 17.4 Å². The Labute approximate surface area is 86.1 Å². The van der Waals surface area contributed by atoms with Crippen LogP contribution in [0.2, 0.25) is 0 Å². The molecular weight excluding hydrogens is 199 g/mol. The molecule has 0 aliphatic carbocycles. The second kappa shape index (κ2) is 3.50. The van der Waals surface area contributed by atoms with Crippen LogP contribution >= 0.6 is 11.8 Å². The zero-order chi connectivity index (χ0) is 10.1. The Morgan fingerprint density at radius 1 is 1.57 bits per heavy atom. The van der Waals surface area contributed by atoms with Crippen molar-refractivity contribution in [1.82, 2.24) is 0 Å². The average Bonchev–Trinajstić information content (AvgIpc) is 2.16. The molecule has 1 N–H and O–H groups in total. The SMILES string of the molecule is CC1Nc2cc(F)ccc2SC1C#N. The maximum Gasteiger partial charge on any atom is 0.125 e. The molecule has 0 saturated carbocycles. The Bertz CT molecular complexity index is 400. The molecule has 1 aromatic rings. The fraction of sp³-hybridized carbons (Fsp3) is 0.300. The molecule has 0 saturated heterocycles. The summed E-state index contributed by atoms with van der Waals surface area (Å²) in [4.78, 5) is 0.941. The van der Waals surface area contributed by atoms with Crippen LogP contribution in [0.1, 0.15) is 6.92 Å². The van der Waals surface area contributed by atoms with Crippen LogP contribution in [0.4, 0.5) is 10.1 Å². The van der Waals surface area contributed by atoms with Crippen LogP contribution < -0.4 is 5.32 Å². The maximum atomic E-state index is 12.9. The Morgan fingerprint density at radius 3 is 3.07 bits per heavy atom. The highest BCUT2D eigenvalue weighted by Crippen LogP contribution is 2.37. The molecule has 72 valence electrons. The average molecular weight is 208 g/mol. The Hall–Kier alpha value is -1.21. The van der Waals surface area contributed by atoms with Crippen molar-refractivity contribution in [3.8, 4) is 6.07 Å². The quantitative estimate of drug-likeness (QED) is 0.712. The van der Waals surface area contributed by atoms with Crippen molar-refractivity contribution < 1.29 is 4.39 Å². The van der Waals surface area contributed by atoms with E-state index in [1.165, 1.54) is 23.9 Å². The molecule has 2 nitrogen and oxygen atoms in total. The summed E-state index contributed by atoms with van der Waals surface area (Å²) in [5, 5.41) is 11.9.